The minimum absolute atomic E-state index is 0.457. The maximum Gasteiger partial charge on any atom is 0.299 e. The van der Waals surface area contributed by atoms with Crippen molar-refractivity contribution >= 4 is 11.6 Å². The first-order chi connectivity index (χ1) is 7.43. The Labute approximate surface area is 87.9 Å². The Morgan fingerprint density at radius 2 is 1.75 bits per heavy atom. The van der Waals surface area contributed by atoms with Gasteiger partial charge in [-0.15, -0.1) is 0 Å². The van der Waals surface area contributed by atoms with Gasteiger partial charge in [0, 0.05) is 5.56 Å². The normalized spacial score (nSPS) is 12.6. The van der Waals surface area contributed by atoms with E-state index in [1.807, 2.05) is 0 Å². The molecule has 1 aromatic carbocycles. The minimum Gasteiger partial charge on any atom is -0.290 e. The largest absolute Gasteiger partial charge is 0.299 e. The van der Waals surface area contributed by atoms with E-state index in [-0.39, 0.29) is 0 Å². The van der Waals surface area contributed by atoms with Crippen LogP contribution in [0.25, 0.3) is 0 Å². The van der Waals surface area contributed by atoms with Gasteiger partial charge >= 0.3 is 0 Å². The van der Waals surface area contributed by atoms with Crippen molar-refractivity contribution in [2.75, 3.05) is 0 Å². The zero-order valence-electron chi connectivity index (χ0n) is 7.79. The molecule has 0 saturated carbocycles. The van der Waals surface area contributed by atoms with Crippen molar-refractivity contribution in [3.05, 3.63) is 35.6 Å². The molecule has 86 valence electrons. The Morgan fingerprint density at radius 1 is 1.12 bits per heavy atom. The topological polar surface area (TPSA) is 34.1 Å². The number of alkyl halides is 3. The number of halogens is 4. The maximum atomic E-state index is 13.0. The van der Waals surface area contributed by atoms with Crippen LogP contribution in [0.5, 0.6) is 0 Å². The van der Waals surface area contributed by atoms with Gasteiger partial charge in [-0.25, -0.2) is 17.6 Å². The van der Waals surface area contributed by atoms with Crippen LogP contribution in [-0.4, -0.2) is 24.2 Å². The van der Waals surface area contributed by atoms with E-state index in [2.05, 4.69) is 0 Å². The molecule has 0 N–H and O–H groups in total. The number of carbonyl (C=O) groups excluding carboxylic acids is 2. The predicted molar refractivity (Wildman–Crippen MR) is 46.6 cm³/mol. The Bertz CT molecular complexity index is 417. The third-order valence-corrected chi connectivity index (χ3v) is 1.80. The lowest BCUT2D eigenvalue weighted by Crippen LogP contribution is -2.30. The molecule has 16 heavy (non-hydrogen) atoms. The molecule has 0 saturated heterocycles. The fraction of sp³-hybridized carbons (Fsp3) is 0.200. The smallest absolute Gasteiger partial charge is 0.290 e. The van der Waals surface area contributed by atoms with Crippen molar-refractivity contribution in [1.82, 2.24) is 0 Å². The number of rotatable bonds is 4. The van der Waals surface area contributed by atoms with Crippen molar-refractivity contribution < 1.29 is 27.2 Å². The lowest BCUT2D eigenvalue weighted by atomic mass is 10.0. The highest BCUT2D eigenvalue weighted by Gasteiger charge is 2.33. The first-order valence-corrected chi connectivity index (χ1v) is 4.19. The highest BCUT2D eigenvalue weighted by atomic mass is 19.3. The summed E-state index contributed by atoms with van der Waals surface area (Å²) in [5.41, 5.74) is -0.457. The Morgan fingerprint density at radius 3 is 2.25 bits per heavy atom. The van der Waals surface area contributed by atoms with Crippen LogP contribution < -0.4 is 0 Å². The van der Waals surface area contributed by atoms with E-state index < -0.39 is 35.5 Å². The SMILES string of the molecule is O=C(c1cccc(F)c1)C(F)C(=O)C(F)F. The molecule has 0 spiro atoms. The number of hydrogen-bond acceptors (Lipinski definition) is 2. The van der Waals surface area contributed by atoms with Crippen LogP contribution in [0, 0.1) is 5.82 Å². The second kappa shape index (κ2) is 4.87. The van der Waals surface area contributed by atoms with Gasteiger partial charge in [-0.3, -0.25) is 9.59 Å². The van der Waals surface area contributed by atoms with Gasteiger partial charge in [0.2, 0.25) is 17.7 Å². The van der Waals surface area contributed by atoms with Gasteiger partial charge in [-0.1, -0.05) is 12.1 Å². The molecule has 0 radical (unpaired) electrons. The van der Waals surface area contributed by atoms with Crippen LogP contribution in [0.15, 0.2) is 24.3 Å². The summed E-state index contributed by atoms with van der Waals surface area (Å²) in [4.78, 5) is 21.6. The lowest BCUT2D eigenvalue weighted by molar-refractivity contribution is -0.132. The molecular formula is C10H6F4O2. The van der Waals surface area contributed by atoms with E-state index in [0.29, 0.717) is 6.07 Å². The van der Waals surface area contributed by atoms with E-state index in [1.165, 1.54) is 0 Å². The fourth-order valence-electron chi connectivity index (χ4n) is 1.03. The second-order valence-corrected chi connectivity index (χ2v) is 2.94. The zero-order valence-corrected chi connectivity index (χ0v) is 7.79. The van der Waals surface area contributed by atoms with Crippen molar-refractivity contribution in [3.8, 4) is 0 Å². The standard InChI is InChI=1S/C10H6F4O2/c11-6-3-1-2-5(4-6)8(15)7(12)9(16)10(13)14/h1-4,7,10H. The molecular weight excluding hydrogens is 228 g/mol. The van der Waals surface area contributed by atoms with Crippen molar-refractivity contribution in [1.29, 1.82) is 0 Å². The quantitative estimate of drug-likeness (QED) is 0.454. The van der Waals surface area contributed by atoms with E-state index >= 15 is 0 Å². The Hall–Kier alpha value is -1.72. The first-order valence-electron chi connectivity index (χ1n) is 4.19. The molecule has 2 nitrogen and oxygen atoms in total. The van der Waals surface area contributed by atoms with Gasteiger partial charge in [-0.05, 0) is 12.1 Å². The highest BCUT2D eigenvalue weighted by molar-refractivity contribution is 6.13. The summed E-state index contributed by atoms with van der Waals surface area (Å²) in [7, 11) is 0. The van der Waals surface area contributed by atoms with Crippen LogP contribution in [0.3, 0.4) is 0 Å². The molecule has 0 heterocycles. The molecule has 1 unspecified atom stereocenters. The maximum absolute atomic E-state index is 13.0. The van der Waals surface area contributed by atoms with E-state index in [1.54, 1.807) is 0 Å². The van der Waals surface area contributed by atoms with Crippen LogP contribution in [0.4, 0.5) is 17.6 Å². The zero-order chi connectivity index (χ0) is 12.3. The average Bonchev–Trinajstić information content (AvgIpc) is 2.26. The van der Waals surface area contributed by atoms with Gasteiger partial charge in [0.05, 0.1) is 0 Å². The molecule has 0 bridgehead atoms. The molecule has 0 aliphatic heterocycles. The summed E-state index contributed by atoms with van der Waals surface area (Å²) in [5, 5.41) is 0. The lowest BCUT2D eigenvalue weighted by Gasteiger charge is -2.05. The molecule has 1 rings (SSSR count). The van der Waals surface area contributed by atoms with Crippen LogP contribution in [0.1, 0.15) is 10.4 Å². The molecule has 0 aliphatic rings. The highest BCUT2D eigenvalue weighted by Crippen LogP contribution is 2.12. The molecule has 0 aliphatic carbocycles. The summed E-state index contributed by atoms with van der Waals surface area (Å²) in [6, 6.07) is 3.82. The second-order valence-electron chi connectivity index (χ2n) is 2.94. The Balaban J connectivity index is 2.90. The molecule has 1 aromatic rings. The summed E-state index contributed by atoms with van der Waals surface area (Å²) in [6.07, 6.45) is -6.52. The average molecular weight is 234 g/mol. The molecule has 0 amide bonds. The van der Waals surface area contributed by atoms with E-state index in [9.17, 15) is 27.2 Å². The Kier molecular flexibility index (Phi) is 3.76. The number of Topliss-reactive ketones (excluding diaryl/α,β-unsaturated/α-hetero) is 2. The predicted octanol–water partition coefficient (Wildman–Crippen LogP) is 2.18. The van der Waals surface area contributed by atoms with Gasteiger partial charge in [0.25, 0.3) is 6.43 Å². The molecule has 0 aromatic heterocycles. The summed E-state index contributed by atoms with van der Waals surface area (Å²) < 4.78 is 49.2. The van der Waals surface area contributed by atoms with Gasteiger partial charge in [-0.2, -0.15) is 0 Å². The number of ketones is 2. The van der Waals surface area contributed by atoms with Crippen LogP contribution in [-0.2, 0) is 4.79 Å². The number of hydrogen-bond donors (Lipinski definition) is 0. The first kappa shape index (κ1) is 12.4. The van der Waals surface area contributed by atoms with Gasteiger partial charge < -0.3 is 0 Å². The number of carbonyl (C=O) groups is 2. The summed E-state index contributed by atoms with van der Waals surface area (Å²) in [5.74, 6) is -4.40. The van der Waals surface area contributed by atoms with Crippen LogP contribution >= 0.6 is 0 Å². The van der Waals surface area contributed by atoms with E-state index in [0.717, 1.165) is 18.2 Å². The van der Waals surface area contributed by atoms with Crippen molar-refractivity contribution in [2.24, 2.45) is 0 Å². The molecule has 6 heteroatoms. The summed E-state index contributed by atoms with van der Waals surface area (Å²) in [6.45, 7) is 0. The monoisotopic (exact) mass is 234 g/mol. The summed E-state index contributed by atoms with van der Waals surface area (Å²) >= 11 is 0. The van der Waals surface area contributed by atoms with Gasteiger partial charge in [0.15, 0.2) is 0 Å². The van der Waals surface area contributed by atoms with Crippen molar-refractivity contribution in [2.45, 2.75) is 12.6 Å². The molecule has 1 atom stereocenters. The van der Waals surface area contributed by atoms with Gasteiger partial charge in [0.1, 0.15) is 5.82 Å². The fourth-order valence-corrected chi connectivity index (χ4v) is 1.03. The van der Waals surface area contributed by atoms with Crippen LogP contribution in [0.2, 0.25) is 0 Å². The third-order valence-electron chi connectivity index (χ3n) is 1.80. The third kappa shape index (κ3) is 2.65. The number of benzene rings is 1. The van der Waals surface area contributed by atoms with E-state index in [4.69, 9.17) is 0 Å². The molecule has 0 fully saturated rings. The minimum atomic E-state index is -3.56. The van der Waals surface area contributed by atoms with Crippen molar-refractivity contribution in [3.63, 3.8) is 0 Å².